The fraction of sp³-hybridized carbons (Fsp3) is 0.429. The van der Waals surface area contributed by atoms with Crippen LogP contribution in [0.15, 0.2) is 41.6 Å². The summed E-state index contributed by atoms with van der Waals surface area (Å²) in [6.07, 6.45) is -1.96. The number of benzene rings is 2. The zero-order chi connectivity index (χ0) is 30.7. The van der Waals surface area contributed by atoms with Crippen LogP contribution in [0.3, 0.4) is 0 Å². The van der Waals surface area contributed by atoms with Crippen LogP contribution in [0.2, 0.25) is 0 Å². The molecule has 226 valence electrons. The van der Waals surface area contributed by atoms with Gasteiger partial charge in [0.2, 0.25) is 0 Å². The third-order valence-electron chi connectivity index (χ3n) is 6.90. The minimum absolute atomic E-state index is 0.0517. The molecule has 1 fully saturated rings. The van der Waals surface area contributed by atoms with Crippen LogP contribution in [0.5, 0.6) is 5.75 Å². The van der Waals surface area contributed by atoms with E-state index in [0.29, 0.717) is 30.0 Å². The number of carbonyl (C=O) groups excluding carboxylic acids is 1. The third kappa shape index (κ3) is 7.53. The summed E-state index contributed by atoms with van der Waals surface area (Å²) in [7, 11) is 1.51. The molecule has 2 unspecified atom stereocenters. The summed E-state index contributed by atoms with van der Waals surface area (Å²) in [6.45, 7) is 0.139. The SMILES string of the molecule is COc1ccc(S(C)(=O)=O)cc1NCC#Cc1cc(C(=O)NC2CCN(C)CC2OC)c2ncn(CC(F)(F)F)c2c1. The number of methoxy groups -OCH3 is 2. The molecule has 1 aliphatic heterocycles. The number of fused-ring (bicyclic) bond motifs is 1. The Hall–Kier alpha value is -3.80. The highest BCUT2D eigenvalue weighted by Crippen LogP contribution is 2.28. The molecular formula is C28H32F3N5O5S. The van der Waals surface area contributed by atoms with Crippen LogP contribution < -0.4 is 15.4 Å². The molecule has 1 saturated heterocycles. The lowest BCUT2D eigenvalue weighted by atomic mass is 10.0. The number of amides is 1. The van der Waals surface area contributed by atoms with Gasteiger partial charge in [-0.05, 0) is 50.3 Å². The molecule has 1 amide bonds. The maximum Gasteiger partial charge on any atom is 0.406 e. The molecule has 1 aromatic heterocycles. The molecule has 0 radical (unpaired) electrons. The fourth-order valence-corrected chi connectivity index (χ4v) is 5.44. The molecule has 0 aliphatic carbocycles. The van der Waals surface area contributed by atoms with Crippen molar-refractivity contribution in [1.82, 2.24) is 19.8 Å². The Morgan fingerprint density at radius 3 is 2.64 bits per heavy atom. The number of sulfone groups is 1. The van der Waals surface area contributed by atoms with Gasteiger partial charge in [-0.1, -0.05) is 11.8 Å². The number of alkyl halides is 3. The Balaban J connectivity index is 1.64. The average Bonchev–Trinajstić information content (AvgIpc) is 3.31. The summed E-state index contributed by atoms with van der Waals surface area (Å²) in [5.74, 6) is 5.68. The molecule has 2 atom stereocenters. The van der Waals surface area contributed by atoms with Gasteiger partial charge in [0.1, 0.15) is 17.8 Å². The van der Waals surface area contributed by atoms with Gasteiger partial charge in [-0.3, -0.25) is 4.79 Å². The summed E-state index contributed by atoms with van der Waals surface area (Å²) in [4.78, 5) is 19.8. The van der Waals surface area contributed by atoms with Gasteiger partial charge in [0.15, 0.2) is 9.84 Å². The van der Waals surface area contributed by atoms with Gasteiger partial charge in [-0.2, -0.15) is 13.2 Å². The predicted octanol–water partition coefficient (Wildman–Crippen LogP) is 2.92. The van der Waals surface area contributed by atoms with Crippen molar-refractivity contribution >= 4 is 32.5 Å². The number of ether oxygens (including phenoxy) is 2. The zero-order valence-electron chi connectivity index (χ0n) is 23.6. The number of nitrogens with one attached hydrogen (secondary N) is 2. The van der Waals surface area contributed by atoms with Crippen LogP contribution in [0.4, 0.5) is 18.9 Å². The smallest absolute Gasteiger partial charge is 0.406 e. The summed E-state index contributed by atoms with van der Waals surface area (Å²) < 4.78 is 75.5. The van der Waals surface area contributed by atoms with Gasteiger partial charge in [0, 0.05) is 25.5 Å². The number of carbonyl (C=O) groups is 1. The molecule has 4 rings (SSSR count). The van der Waals surface area contributed by atoms with Gasteiger partial charge < -0.3 is 29.6 Å². The molecule has 2 aromatic carbocycles. The lowest BCUT2D eigenvalue weighted by molar-refractivity contribution is -0.139. The molecule has 2 N–H and O–H groups in total. The number of aromatic nitrogens is 2. The van der Waals surface area contributed by atoms with Gasteiger partial charge in [-0.25, -0.2) is 13.4 Å². The second-order valence-corrected chi connectivity index (χ2v) is 12.1. The van der Waals surface area contributed by atoms with E-state index in [2.05, 4.69) is 32.4 Å². The van der Waals surface area contributed by atoms with Crippen molar-refractivity contribution in [3.05, 3.63) is 47.8 Å². The van der Waals surface area contributed by atoms with E-state index in [-0.39, 0.29) is 40.2 Å². The average molecular weight is 608 g/mol. The number of likely N-dealkylation sites (N-methyl/N-ethyl adjacent to an activating group) is 1. The van der Waals surface area contributed by atoms with Crippen molar-refractivity contribution in [2.45, 2.75) is 36.2 Å². The van der Waals surface area contributed by atoms with Crippen LogP contribution in [-0.4, -0.2) is 94.3 Å². The molecule has 0 spiro atoms. The first-order chi connectivity index (χ1) is 19.8. The molecule has 0 bridgehead atoms. The standard InChI is InChI=1S/C28H32F3N5O5S/c1-35-11-9-21(25(15-35)41-3)34-27(37)20-12-18(13-23-26(20)33-17-36(23)16-28(29,30)31)6-5-10-32-22-14-19(42(4,38)39)7-8-24(22)40-2/h7-8,12-14,17,21,25,32H,9-11,15-16H2,1-4H3,(H,34,37). The Kier molecular flexibility index (Phi) is 9.34. The number of likely N-dealkylation sites (tertiary alicyclic amines) is 1. The van der Waals surface area contributed by atoms with Crippen molar-refractivity contribution in [2.24, 2.45) is 0 Å². The van der Waals surface area contributed by atoms with E-state index in [1.807, 2.05) is 7.05 Å². The zero-order valence-corrected chi connectivity index (χ0v) is 24.4. The Morgan fingerprint density at radius 1 is 1.21 bits per heavy atom. The van der Waals surface area contributed by atoms with Gasteiger partial charge >= 0.3 is 6.18 Å². The number of halogens is 3. The predicted molar refractivity (Wildman–Crippen MR) is 151 cm³/mol. The number of rotatable bonds is 8. The molecule has 14 heteroatoms. The highest BCUT2D eigenvalue weighted by molar-refractivity contribution is 7.90. The first-order valence-corrected chi connectivity index (χ1v) is 14.9. The van der Waals surface area contributed by atoms with E-state index in [1.165, 1.54) is 37.4 Å². The summed E-state index contributed by atoms with van der Waals surface area (Å²) in [5, 5.41) is 5.97. The number of hydrogen-bond acceptors (Lipinski definition) is 8. The van der Waals surface area contributed by atoms with E-state index >= 15 is 0 Å². The van der Waals surface area contributed by atoms with E-state index in [9.17, 15) is 26.4 Å². The second-order valence-electron chi connectivity index (χ2n) is 10.1. The summed E-state index contributed by atoms with van der Waals surface area (Å²) in [6, 6.07) is 7.04. The van der Waals surface area contributed by atoms with Crippen molar-refractivity contribution in [1.29, 1.82) is 0 Å². The molecule has 0 saturated carbocycles. The van der Waals surface area contributed by atoms with E-state index < -0.39 is 28.5 Å². The first kappa shape index (κ1) is 31.1. The molecule has 2 heterocycles. The van der Waals surface area contributed by atoms with E-state index in [0.717, 1.165) is 23.7 Å². The van der Waals surface area contributed by atoms with Crippen molar-refractivity contribution < 1.29 is 35.9 Å². The molecular weight excluding hydrogens is 575 g/mol. The maximum absolute atomic E-state index is 13.4. The van der Waals surface area contributed by atoms with Crippen LogP contribution in [0.25, 0.3) is 11.0 Å². The molecule has 1 aliphatic rings. The highest BCUT2D eigenvalue weighted by Gasteiger charge is 2.31. The van der Waals surface area contributed by atoms with E-state index in [4.69, 9.17) is 9.47 Å². The Bertz CT molecular complexity index is 1630. The number of imidazole rings is 1. The topological polar surface area (TPSA) is 115 Å². The highest BCUT2D eigenvalue weighted by atomic mass is 32.2. The molecule has 3 aromatic rings. The van der Waals surface area contributed by atoms with Crippen molar-refractivity contribution in [3.63, 3.8) is 0 Å². The fourth-order valence-electron chi connectivity index (χ4n) is 4.79. The van der Waals surface area contributed by atoms with Gasteiger partial charge in [0.05, 0.1) is 53.8 Å². The largest absolute Gasteiger partial charge is 0.495 e. The Morgan fingerprint density at radius 2 is 1.98 bits per heavy atom. The minimum atomic E-state index is -4.50. The number of hydrogen-bond donors (Lipinski definition) is 2. The lowest BCUT2D eigenvalue weighted by Gasteiger charge is -2.36. The van der Waals surface area contributed by atoms with Gasteiger partial charge in [-0.15, -0.1) is 0 Å². The first-order valence-electron chi connectivity index (χ1n) is 13.0. The maximum atomic E-state index is 13.4. The number of nitrogens with zero attached hydrogens (tertiary/aromatic N) is 3. The summed E-state index contributed by atoms with van der Waals surface area (Å²) in [5.41, 5.74) is 1.05. The van der Waals surface area contributed by atoms with Crippen LogP contribution >= 0.6 is 0 Å². The van der Waals surface area contributed by atoms with Crippen LogP contribution in [-0.2, 0) is 21.1 Å². The Labute approximate surface area is 242 Å². The van der Waals surface area contributed by atoms with Crippen molar-refractivity contribution in [2.75, 3.05) is 52.5 Å². The third-order valence-corrected chi connectivity index (χ3v) is 8.01. The second kappa shape index (κ2) is 12.6. The monoisotopic (exact) mass is 607 g/mol. The number of anilines is 1. The number of piperidine rings is 1. The molecule has 10 nitrogen and oxygen atoms in total. The molecule has 42 heavy (non-hydrogen) atoms. The van der Waals surface area contributed by atoms with Gasteiger partial charge in [0.25, 0.3) is 5.91 Å². The summed E-state index contributed by atoms with van der Waals surface area (Å²) >= 11 is 0. The minimum Gasteiger partial charge on any atom is -0.495 e. The van der Waals surface area contributed by atoms with E-state index in [1.54, 1.807) is 7.11 Å². The van der Waals surface area contributed by atoms with Crippen molar-refractivity contribution in [3.8, 4) is 17.6 Å². The van der Waals surface area contributed by atoms with Crippen LogP contribution in [0, 0.1) is 11.8 Å². The quantitative estimate of drug-likeness (QED) is 0.376. The normalized spacial score (nSPS) is 17.9. The van der Waals surface area contributed by atoms with Crippen LogP contribution in [0.1, 0.15) is 22.3 Å². The lowest BCUT2D eigenvalue weighted by Crippen LogP contribution is -2.53.